The third-order valence-corrected chi connectivity index (χ3v) is 18.9. The molecular weight excluding hydrogens is 1630 g/mol. The molecule has 0 spiro atoms. The van der Waals surface area contributed by atoms with E-state index in [4.69, 9.17) is 40.1 Å². The second kappa shape index (κ2) is 58.1. The number of benzene rings is 1. The molecule has 16 atom stereocenters. The maximum absolute atomic E-state index is 14.6. The number of carboxylic acid groups (broad SMARTS) is 3. The van der Waals surface area contributed by atoms with E-state index in [1.54, 1.807) is 85.7 Å². The van der Waals surface area contributed by atoms with Gasteiger partial charge in [-0.05, 0) is 120 Å². The van der Waals surface area contributed by atoms with E-state index in [1.165, 1.54) is 0 Å². The van der Waals surface area contributed by atoms with E-state index in [-0.39, 0.29) is 114 Å². The molecular formula is C77H131N23O24. The number of aliphatic hydroxyl groups is 3. The molecule has 34 N–H and O–H groups in total. The number of nitrogens with one attached hydrogen (secondary N) is 14. The van der Waals surface area contributed by atoms with Crippen molar-refractivity contribution in [3.8, 4) is 0 Å². The van der Waals surface area contributed by atoms with Gasteiger partial charge in [-0.15, -0.1) is 0 Å². The molecule has 0 saturated heterocycles. The standard InChI is InChI=1S/C77H131N23O24/c1-10-41(8)60(74(122)96-53(34-59(108)109)70(118)94-51(32-40(6)7)71(119)100-61(42(9)103)75(123)124)99-57(105)35-87-63(111)52(33-43-18-12-11-13-19-43)95-68(116)49(30-38(2)3)92-65(113)45(21-14-15-27-78)88-73(121)55(37-102)98-69(117)50(31-39(4)5)93-67(115)47(23-25-56(80)104)90-66(114)48(24-26-58(106)107)91-64(112)46(22-17-29-86-77(83)84)89-72(120)54(36-101)97-62(110)44(79)20-16-28-85-76(81)82/h11-13,18-19,38-42,44-55,60-61,101-103H,10,14-17,20-37,78-79H2,1-9H3,(H2,80,104)(H,87,111)(H,88,121)(H,89,120)(H,90,114)(H,91,112)(H,92,113)(H,93,115)(H,94,118)(H,95,116)(H,96,122)(H,97,110)(H,98,117)(H,99,105)(H,100,119)(H,106,107)(H,108,109)(H,123,124)(H4,81,82,85)(H4,83,84,86)/t41-,42+,44-,45-,46-,47-,48-,49-,50-,51-,52-,53-,54-,55-,60-,61-/m0/s1. The molecule has 0 aliphatic carbocycles. The average Bonchev–Trinajstić information content (AvgIpc) is 0.856. The maximum atomic E-state index is 14.6. The zero-order chi connectivity index (χ0) is 94.2. The van der Waals surface area contributed by atoms with Crippen LogP contribution in [0.15, 0.2) is 40.3 Å². The lowest BCUT2D eigenvalue weighted by atomic mass is 9.97. The second-order valence-corrected chi connectivity index (χ2v) is 31.2. The van der Waals surface area contributed by atoms with Crippen LogP contribution in [0, 0.1) is 23.7 Å². The van der Waals surface area contributed by atoms with Crippen LogP contribution in [0.3, 0.4) is 0 Å². The van der Waals surface area contributed by atoms with Gasteiger partial charge in [-0.3, -0.25) is 91.5 Å². The number of nitrogens with zero attached hydrogens (tertiary/aromatic N) is 2. The second-order valence-electron chi connectivity index (χ2n) is 31.2. The summed E-state index contributed by atoms with van der Waals surface area (Å²) >= 11 is 0. The number of rotatable bonds is 62. The molecule has 698 valence electrons. The predicted octanol–water partition coefficient (Wildman–Crippen LogP) is -8.55. The minimum atomic E-state index is -1.89. The van der Waals surface area contributed by atoms with E-state index in [0.29, 0.717) is 12.0 Å². The van der Waals surface area contributed by atoms with Crippen LogP contribution in [0.4, 0.5) is 0 Å². The molecule has 0 saturated carbocycles. The van der Waals surface area contributed by atoms with Crippen LogP contribution >= 0.6 is 0 Å². The Morgan fingerprint density at radius 1 is 0.395 bits per heavy atom. The van der Waals surface area contributed by atoms with Crippen molar-refractivity contribution in [2.45, 2.75) is 262 Å². The summed E-state index contributed by atoms with van der Waals surface area (Å²) in [5.41, 5.74) is 39.4. The Bertz CT molecular complexity index is 3770. The number of aliphatic imine (C=N–C) groups is 2. The minimum absolute atomic E-state index is 0.0309. The number of primary amides is 1. The van der Waals surface area contributed by atoms with E-state index >= 15 is 0 Å². The molecule has 0 aliphatic rings. The number of amides is 15. The van der Waals surface area contributed by atoms with Crippen LogP contribution < -0.4 is 115 Å². The normalized spacial score (nSPS) is 15.0. The summed E-state index contributed by atoms with van der Waals surface area (Å²) < 4.78 is 0. The first kappa shape index (κ1) is 110. The SMILES string of the molecule is CC[C@H](C)[C@H](NC(=O)CNC(=O)[C@H](Cc1ccccc1)NC(=O)[C@H](CC(C)C)NC(=O)[C@H](CCCCN)NC(=O)[C@H](CO)NC(=O)[C@H](CC(C)C)NC(=O)[C@H](CCC(N)=O)NC(=O)[C@H](CCC(=O)O)NC(=O)[C@H](CCCN=C(N)N)NC(=O)[C@H](CO)NC(=O)[C@@H](N)CCCN=C(N)N)C(=O)N[C@@H](CC(=O)O)C(=O)N[C@@H](CC(C)C)C(=O)N[C@H](C(=O)O)[C@@H](C)O. The van der Waals surface area contributed by atoms with Crippen molar-refractivity contribution in [3.63, 3.8) is 0 Å². The van der Waals surface area contributed by atoms with Gasteiger partial charge in [0.1, 0.15) is 72.5 Å². The molecule has 1 rings (SSSR count). The van der Waals surface area contributed by atoms with Gasteiger partial charge >= 0.3 is 17.9 Å². The van der Waals surface area contributed by atoms with Gasteiger partial charge in [-0.25, -0.2) is 4.79 Å². The lowest BCUT2D eigenvalue weighted by molar-refractivity contribution is -0.145. The highest BCUT2D eigenvalue weighted by Crippen LogP contribution is 2.16. The van der Waals surface area contributed by atoms with Gasteiger partial charge in [-0.2, -0.15) is 0 Å². The Morgan fingerprint density at radius 3 is 1.16 bits per heavy atom. The number of hydrogen-bond acceptors (Lipinski definition) is 25. The maximum Gasteiger partial charge on any atom is 0.328 e. The van der Waals surface area contributed by atoms with Gasteiger partial charge in [-0.1, -0.05) is 92.1 Å². The molecule has 124 heavy (non-hydrogen) atoms. The monoisotopic (exact) mass is 1760 g/mol. The number of carbonyl (C=O) groups is 18. The molecule has 0 bridgehead atoms. The summed E-state index contributed by atoms with van der Waals surface area (Å²) in [5.74, 6) is -23.0. The van der Waals surface area contributed by atoms with Crippen molar-refractivity contribution in [2.75, 3.05) is 39.4 Å². The third-order valence-electron chi connectivity index (χ3n) is 18.9. The van der Waals surface area contributed by atoms with Gasteiger partial charge in [0.25, 0.3) is 0 Å². The molecule has 47 heteroatoms. The first-order valence-corrected chi connectivity index (χ1v) is 40.9. The highest BCUT2D eigenvalue weighted by molar-refractivity contribution is 6.01. The molecule has 1 aromatic carbocycles. The average molecular weight is 1760 g/mol. The number of guanidine groups is 2. The molecule has 0 aliphatic heterocycles. The molecule has 0 unspecified atom stereocenters. The Hall–Kier alpha value is -12.0. The fourth-order valence-corrected chi connectivity index (χ4v) is 12.1. The van der Waals surface area contributed by atoms with Crippen molar-refractivity contribution < 1.29 is 117 Å². The quantitative estimate of drug-likeness (QED) is 0.0164. The number of aliphatic carboxylic acids is 3. The van der Waals surface area contributed by atoms with Crippen LogP contribution in [0.2, 0.25) is 0 Å². The Morgan fingerprint density at radius 2 is 0.766 bits per heavy atom. The van der Waals surface area contributed by atoms with Crippen LogP contribution in [-0.4, -0.2) is 279 Å². The van der Waals surface area contributed by atoms with Crippen molar-refractivity contribution in [1.29, 1.82) is 0 Å². The topological polar surface area (TPSA) is 804 Å². The van der Waals surface area contributed by atoms with Crippen molar-refractivity contribution in [3.05, 3.63) is 35.9 Å². The number of carboxylic acids is 3. The van der Waals surface area contributed by atoms with Gasteiger partial charge < -0.3 is 145 Å². The lowest BCUT2D eigenvalue weighted by Crippen LogP contribution is -2.61. The summed E-state index contributed by atoms with van der Waals surface area (Å²) in [6.45, 7) is 11.4. The summed E-state index contributed by atoms with van der Waals surface area (Å²) in [5, 5.41) is 93.6. The van der Waals surface area contributed by atoms with Crippen LogP contribution in [-0.2, 0) is 92.7 Å². The molecule has 15 amide bonds. The zero-order valence-electron chi connectivity index (χ0n) is 71.6. The zero-order valence-corrected chi connectivity index (χ0v) is 71.6. The highest BCUT2D eigenvalue weighted by atomic mass is 16.4. The number of hydrogen-bond donors (Lipinski definition) is 27. The first-order chi connectivity index (χ1) is 58.2. The highest BCUT2D eigenvalue weighted by Gasteiger charge is 2.40. The lowest BCUT2D eigenvalue weighted by Gasteiger charge is -2.28. The summed E-state index contributed by atoms with van der Waals surface area (Å²) in [4.78, 5) is 252. The predicted molar refractivity (Wildman–Crippen MR) is 448 cm³/mol. The molecule has 0 radical (unpaired) electrons. The molecule has 0 heterocycles. The summed E-state index contributed by atoms with van der Waals surface area (Å²) in [7, 11) is 0. The van der Waals surface area contributed by atoms with Crippen molar-refractivity contribution in [1.82, 2.24) is 74.4 Å². The van der Waals surface area contributed by atoms with Crippen LogP contribution in [0.25, 0.3) is 0 Å². The molecule has 0 fully saturated rings. The fraction of sp³-hybridized carbons (Fsp3) is 0.662. The van der Waals surface area contributed by atoms with Crippen LogP contribution in [0.1, 0.15) is 171 Å². The smallest absolute Gasteiger partial charge is 0.328 e. The van der Waals surface area contributed by atoms with Gasteiger partial charge in [0.05, 0.1) is 38.3 Å². The number of carbonyl (C=O) groups excluding carboxylic acids is 15. The molecule has 47 nitrogen and oxygen atoms in total. The largest absolute Gasteiger partial charge is 0.481 e. The van der Waals surface area contributed by atoms with E-state index in [1.807, 2.05) is 0 Å². The van der Waals surface area contributed by atoms with E-state index < -0.39 is 261 Å². The van der Waals surface area contributed by atoms with E-state index in [2.05, 4.69) is 84.4 Å². The van der Waals surface area contributed by atoms with Crippen LogP contribution in [0.5, 0.6) is 0 Å². The Kier molecular flexibility index (Phi) is 51.6. The first-order valence-electron chi connectivity index (χ1n) is 40.9. The van der Waals surface area contributed by atoms with Crippen molar-refractivity contribution in [2.24, 2.45) is 73.8 Å². The molecule has 1 aromatic rings. The third kappa shape index (κ3) is 44.2. The number of unbranched alkanes of at least 4 members (excludes halogenated alkanes) is 1. The fourth-order valence-electron chi connectivity index (χ4n) is 12.1. The van der Waals surface area contributed by atoms with E-state index in [0.717, 1.165) is 6.92 Å². The van der Waals surface area contributed by atoms with Crippen molar-refractivity contribution >= 4 is 118 Å². The van der Waals surface area contributed by atoms with E-state index in [9.17, 15) is 117 Å². The summed E-state index contributed by atoms with van der Waals surface area (Å²) in [6.07, 6.45) is -5.41. The van der Waals surface area contributed by atoms with Gasteiger partial charge in [0, 0.05) is 32.4 Å². The number of nitrogens with two attached hydrogens (primary N) is 7. The van der Waals surface area contributed by atoms with Gasteiger partial charge in [0.15, 0.2) is 18.0 Å². The Balaban J connectivity index is 3.66. The number of aliphatic hydroxyl groups excluding tert-OH is 3. The molecule has 0 aromatic heterocycles. The Labute approximate surface area is 718 Å². The minimum Gasteiger partial charge on any atom is -0.481 e. The summed E-state index contributed by atoms with van der Waals surface area (Å²) in [6, 6.07) is -14.7. The van der Waals surface area contributed by atoms with Gasteiger partial charge in [0.2, 0.25) is 88.6 Å².